The van der Waals surface area contributed by atoms with E-state index in [1.165, 1.54) is 0 Å². The Balaban J connectivity index is 1.82. The molecular weight excluding hydrogens is 507 g/mol. The van der Waals surface area contributed by atoms with Gasteiger partial charge in [0.05, 0.1) is 11.5 Å². The molecule has 0 spiro atoms. The van der Waals surface area contributed by atoms with Gasteiger partial charge in [0.15, 0.2) is 0 Å². The SMILES string of the molecule is [C-]#[N+]CCOP(OCCCCCCNS(=O)(=O)c1cccc2c(N(C)C)cccc12)N(C(C)C)C(C)C. The third kappa shape index (κ3) is 9.47. The first kappa shape index (κ1) is 31.4. The zero-order valence-corrected chi connectivity index (χ0v) is 24.8. The summed E-state index contributed by atoms with van der Waals surface area (Å²) in [6.07, 6.45) is 3.48. The minimum Gasteiger partial charge on any atom is -0.377 e. The van der Waals surface area contributed by atoms with Gasteiger partial charge in [-0.2, -0.15) is 0 Å². The average molecular weight is 551 g/mol. The second-order valence-corrected chi connectivity index (χ2v) is 12.9. The highest BCUT2D eigenvalue weighted by Crippen LogP contribution is 2.45. The summed E-state index contributed by atoms with van der Waals surface area (Å²) in [5, 5.41) is 1.65. The van der Waals surface area contributed by atoms with Crippen LogP contribution in [0.4, 0.5) is 5.69 Å². The van der Waals surface area contributed by atoms with Crippen molar-refractivity contribution in [2.45, 2.75) is 70.4 Å². The fourth-order valence-electron chi connectivity index (χ4n) is 4.20. The third-order valence-electron chi connectivity index (χ3n) is 5.85. The molecule has 1 atom stereocenters. The summed E-state index contributed by atoms with van der Waals surface area (Å²) in [7, 11) is -0.914. The molecule has 2 aromatic rings. The quantitative estimate of drug-likeness (QED) is 0.147. The standard InChI is InChI=1S/C27H43N4O4PS/c1-22(2)31(23(3)4)36(35-21-19-28-5)34-20-11-9-8-10-18-29-37(32,33)27-17-13-14-24-25(27)15-12-16-26(24)30(6)7/h12-17,22-23,29H,8-11,18-21H2,1-4,6-7H3. The van der Waals surface area contributed by atoms with E-state index in [9.17, 15) is 8.42 Å². The lowest BCUT2D eigenvalue weighted by Crippen LogP contribution is -2.33. The Hall–Kier alpha value is -1.79. The number of anilines is 1. The van der Waals surface area contributed by atoms with Crippen molar-refractivity contribution in [1.82, 2.24) is 9.39 Å². The molecule has 0 aliphatic carbocycles. The number of hydrogen-bond acceptors (Lipinski definition) is 6. The van der Waals surface area contributed by atoms with Gasteiger partial charge in [0.25, 0.3) is 8.53 Å². The van der Waals surface area contributed by atoms with Crippen molar-refractivity contribution < 1.29 is 17.5 Å². The van der Waals surface area contributed by atoms with Crippen molar-refractivity contribution >= 4 is 35.0 Å². The highest BCUT2D eigenvalue weighted by molar-refractivity contribution is 7.89. The second-order valence-electron chi connectivity index (χ2n) is 9.69. The maximum absolute atomic E-state index is 13.0. The van der Waals surface area contributed by atoms with E-state index in [-0.39, 0.29) is 12.1 Å². The van der Waals surface area contributed by atoms with Gasteiger partial charge < -0.3 is 18.8 Å². The Morgan fingerprint density at radius 2 is 1.54 bits per heavy atom. The van der Waals surface area contributed by atoms with Crippen LogP contribution in [0.1, 0.15) is 53.4 Å². The van der Waals surface area contributed by atoms with Crippen LogP contribution in [-0.4, -0.2) is 65.6 Å². The second kappa shape index (κ2) is 15.6. The van der Waals surface area contributed by atoms with Crippen LogP contribution in [0.15, 0.2) is 41.3 Å². The number of benzene rings is 2. The molecule has 2 rings (SSSR count). The van der Waals surface area contributed by atoms with E-state index in [0.717, 1.165) is 42.1 Å². The molecule has 0 saturated heterocycles. The molecule has 0 aliphatic heterocycles. The maximum Gasteiger partial charge on any atom is 0.259 e. The predicted molar refractivity (Wildman–Crippen MR) is 154 cm³/mol. The van der Waals surface area contributed by atoms with Gasteiger partial charge in [-0.25, -0.2) is 24.4 Å². The Morgan fingerprint density at radius 3 is 2.19 bits per heavy atom. The van der Waals surface area contributed by atoms with E-state index in [0.29, 0.717) is 31.2 Å². The molecule has 206 valence electrons. The molecule has 0 aromatic heterocycles. The normalized spacial score (nSPS) is 13.0. The first-order valence-electron chi connectivity index (χ1n) is 13.0. The molecule has 1 N–H and O–H groups in total. The summed E-state index contributed by atoms with van der Waals surface area (Å²) >= 11 is 0. The summed E-state index contributed by atoms with van der Waals surface area (Å²) < 4.78 is 43.1. The van der Waals surface area contributed by atoms with Crippen molar-refractivity contribution in [3.8, 4) is 0 Å². The molecule has 0 heterocycles. The van der Waals surface area contributed by atoms with Gasteiger partial charge in [0.1, 0.15) is 6.61 Å². The van der Waals surface area contributed by atoms with Crippen LogP contribution in [0.2, 0.25) is 0 Å². The fourth-order valence-corrected chi connectivity index (χ4v) is 7.12. The van der Waals surface area contributed by atoms with Crippen LogP contribution in [0.25, 0.3) is 15.6 Å². The van der Waals surface area contributed by atoms with Gasteiger partial charge in [-0.3, -0.25) is 0 Å². The van der Waals surface area contributed by atoms with E-state index < -0.39 is 18.5 Å². The Morgan fingerprint density at radius 1 is 0.919 bits per heavy atom. The van der Waals surface area contributed by atoms with Gasteiger partial charge in [-0.05, 0) is 52.7 Å². The number of rotatable bonds is 17. The van der Waals surface area contributed by atoms with Gasteiger partial charge in [-0.1, -0.05) is 37.1 Å². The maximum atomic E-state index is 13.0. The molecule has 2 aromatic carbocycles. The average Bonchev–Trinajstić information content (AvgIpc) is 2.84. The molecule has 0 aliphatic rings. The molecule has 10 heteroatoms. The van der Waals surface area contributed by atoms with E-state index in [2.05, 4.69) is 41.9 Å². The van der Waals surface area contributed by atoms with Crippen LogP contribution in [0.5, 0.6) is 0 Å². The summed E-state index contributed by atoms with van der Waals surface area (Å²) in [4.78, 5) is 5.67. The highest BCUT2D eigenvalue weighted by Gasteiger charge is 2.27. The van der Waals surface area contributed by atoms with Gasteiger partial charge in [0.2, 0.25) is 16.6 Å². The molecule has 1 unspecified atom stereocenters. The molecule has 0 amide bonds. The lowest BCUT2D eigenvalue weighted by Gasteiger charge is -2.35. The minimum absolute atomic E-state index is 0.281. The van der Waals surface area contributed by atoms with Crippen molar-refractivity contribution in [2.24, 2.45) is 0 Å². The topological polar surface area (TPSA) is 75.5 Å². The monoisotopic (exact) mass is 550 g/mol. The van der Waals surface area contributed by atoms with Crippen molar-refractivity contribution in [1.29, 1.82) is 0 Å². The molecule has 0 radical (unpaired) electrons. The van der Waals surface area contributed by atoms with Crippen LogP contribution >= 0.6 is 8.53 Å². The number of unbranched alkanes of at least 4 members (excludes halogenated alkanes) is 3. The fraction of sp³-hybridized carbons (Fsp3) is 0.593. The summed E-state index contributed by atoms with van der Waals surface area (Å²) in [6.45, 7) is 17.1. The number of hydrogen-bond donors (Lipinski definition) is 1. The Bertz CT molecular complexity index is 1110. The van der Waals surface area contributed by atoms with E-state index in [1.54, 1.807) is 12.1 Å². The first-order valence-corrected chi connectivity index (χ1v) is 15.6. The summed E-state index contributed by atoms with van der Waals surface area (Å²) in [5.41, 5.74) is 0.988. The zero-order chi connectivity index (χ0) is 27.4. The first-order chi connectivity index (χ1) is 17.6. The third-order valence-corrected chi connectivity index (χ3v) is 9.47. The van der Waals surface area contributed by atoms with Gasteiger partial charge in [0, 0.05) is 49.2 Å². The number of fused-ring (bicyclic) bond motifs is 1. The predicted octanol–water partition coefficient (Wildman–Crippen LogP) is 6.04. The van der Waals surface area contributed by atoms with Crippen molar-refractivity contribution in [2.75, 3.05) is 45.3 Å². The van der Waals surface area contributed by atoms with Crippen LogP contribution in [0, 0.1) is 6.57 Å². The van der Waals surface area contributed by atoms with Crippen LogP contribution < -0.4 is 9.62 Å². The van der Waals surface area contributed by atoms with Crippen LogP contribution in [-0.2, 0) is 19.1 Å². The van der Waals surface area contributed by atoms with E-state index in [4.69, 9.17) is 15.6 Å². The zero-order valence-electron chi connectivity index (χ0n) is 23.1. The van der Waals surface area contributed by atoms with E-state index >= 15 is 0 Å². The largest absolute Gasteiger partial charge is 0.377 e. The summed E-state index contributed by atoms with van der Waals surface area (Å²) in [6, 6.07) is 11.7. The Kier molecular flexibility index (Phi) is 13.2. The molecule has 0 saturated carbocycles. The Labute approximate surface area is 225 Å². The molecule has 8 nitrogen and oxygen atoms in total. The molecule has 37 heavy (non-hydrogen) atoms. The van der Waals surface area contributed by atoms with Crippen molar-refractivity contribution in [3.05, 3.63) is 47.8 Å². The summed E-state index contributed by atoms with van der Waals surface area (Å²) in [5.74, 6) is 0. The van der Waals surface area contributed by atoms with E-state index in [1.807, 2.05) is 43.3 Å². The molecular formula is C27H43N4O4PS. The lowest BCUT2D eigenvalue weighted by atomic mass is 10.1. The number of nitrogens with zero attached hydrogens (tertiary/aromatic N) is 3. The smallest absolute Gasteiger partial charge is 0.259 e. The molecule has 0 bridgehead atoms. The lowest BCUT2D eigenvalue weighted by molar-refractivity contribution is 0.176. The van der Waals surface area contributed by atoms with Crippen molar-refractivity contribution in [3.63, 3.8) is 0 Å². The molecule has 0 fully saturated rings. The van der Waals surface area contributed by atoms with Gasteiger partial charge >= 0.3 is 0 Å². The van der Waals surface area contributed by atoms with Gasteiger partial charge in [-0.15, -0.1) is 0 Å². The van der Waals surface area contributed by atoms with Crippen LogP contribution in [0.3, 0.4) is 0 Å². The number of nitrogens with one attached hydrogen (secondary N) is 1. The highest BCUT2D eigenvalue weighted by atomic mass is 32.2. The number of sulfonamides is 1. The minimum atomic E-state index is -3.61.